The summed E-state index contributed by atoms with van der Waals surface area (Å²) in [6.07, 6.45) is 5.11. The second kappa shape index (κ2) is 14.5. The van der Waals surface area contributed by atoms with Crippen LogP contribution in [0.1, 0.15) is 39.7 Å². The molecular weight excluding hydrogens is 232 g/mol. The maximum Gasteiger partial charge on any atom is 0.0337 e. The van der Waals surface area contributed by atoms with E-state index in [1.54, 1.807) is 7.05 Å². The number of aliphatic imine (C=N–C) groups is 1. The summed E-state index contributed by atoms with van der Waals surface area (Å²) in [4.78, 5) is 3.86. The first-order valence-corrected chi connectivity index (χ1v) is 6.97. The van der Waals surface area contributed by atoms with Gasteiger partial charge in [-0.15, -0.1) is 0 Å². The maximum absolute atomic E-state index is 3.86. The number of anilines is 1. The lowest BCUT2D eigenvalue weighted by atomic mass is 10.2. The van der Waals surface area contributed by atoms with E-state index in [9.17, 15) is 0 Å². The molecule has 0 fully saturated rings. The predicted molar refractivity (Wildman–Crippen MR) is 90.5 cm³/mol. The molecule has 1 rings (SSSR count). The summed E-state index contributed by atoms with van der Waals surface area (Å²) in [7, 11) is 3.71. The number of nitrogens with one attached hydrogen (secondary N) is 1. The second-order valence-electron chi connectivity index (χ2n) is 3.86. The molecule has 0 spiro atoms. The van der Waals surface area contributed by atoms with E-state index in [-0.39, 0.29) is 0 Å². The quantitative estimate of drug-likeness (QED) is 0.752. The van der Waals surface area contributed by atoms with Crippen molar-refractivity contribution in [3.05, 3.63) is 41.5 Å². The first-order chi connectivity index (χ1) is 9.13. The summed E-state index contributed by atoms with van der Waals surface area (Å²) in [5, 5.41) is 3.05. The van der Waals surface area contributed by atoms with E-state index in [4.69, 9.17) is 0 Å². The summed E-state index contributed by atoms with van der Waals surface area (Å²) < 4.78 is 0. The molecule has 0 saturated heterocycles. The summed E-state index contributed by atoms with van der Waals surface area (Å²) >= 11 is 0. The van der Waals surface area contributed by atoms with Gasteiger partial charge in [0.25, 0.3) is 0 Å². The van der Waals surface area contributed by atoms with E-state index < -0.39 is 0 Å². The predicted octanol–water partition coefficient (Wildman–Crippen LogP) is 5.11. The zero-order valence-electron chi connectivity index (χ0n) is 13.6. The SMILES string of the molecule is CC.CC/C=C(/C)C=NC.CNc1ccc(C)cc1. The third kappa shape index (κ3) is 12.7. The maximum atomic E-state index is 3.86. The lowest BCUT2D eigenvalue weighted by Gasteiger charge is -1.97. The number of hydrogen-bond donors (Lipinski definition) is 1. The van der Waals surface area contributed by atoms with Gasteiger partial charge < -0.3 is 5.32 Å². The molecule has 0 unspecified atom stereocenters. The van der Waals surface area contributed by atoms with Crippen LogP contribution in [0.25, 0.3) is 0 Å². The van der Waals surface area contributed by atoms with E-state index in [0.29, 0.717) is 0 Å². The van der Waals surface area contributed by atoms with Gasteiger partial charge in [-0.25, -0.2) is 0 Å². The summed E-state index contributed by atoms with van der Waals surface area (Å²) in [6.45, 7) is 10.3. The fourth-order valence-electron chi connectivity index (χ4n) is 1.30. The average molecular weight is 262 g/mol. The first kappa shape index (κ1) is 19.8. The summed E-state index contributed by atoms with van der Waals surface area (Å²) in [5.74, 6) is 0. The Balaban J connectivity index is 0. The number of hydrogen-bond acceptors (Lipinski definition) is 2. The second-order valence-corrected chi connectivity index (χ2v) is 3.86. The van der Waals surface area contributed by atoms with Crippen molar-refractivity contribution in [1.82, 2.24) is 0 Å². The lowest BCUT2D eigenvalue weighted by Crippen LogP contribution is -1.85. The highest BCUT2D eigenvalue weighted by molar-refractivity contribution is 5.77. The van der Waals surface area contributed by atoms with Gasteiger partial charge in [-0.3, -0.25) is 4.99 Å². The van der Waals surface area contributed by atoms with Gasteiger partial charge in [0.1, 0.15) is 0 Å². The van der Waals surface area contributed by atoms with Gasteiger partial charge in [0.05, 0.1) is 0 Å². The van der Waals surface area contributed by atoms with Gasteiger partial charge >= 0.3 is 0 Å². The Labute approximate surface area is 119 Å². The molecule has 0 heterocycles. The van der Waals surface area contributed by atoms with E-state index in [1.165, 1.54) is 16.8 Å². The molecule has 0 atom stereocenters. The molecule has 0 amide bonds. The standard InChI is InChI=1S/C8H11N.C7H13N.C2H6/c1-7-3-5-8(9-2)6-4-7;1-4-5-7(2)6-8-3;1-2/h3-6,9H,1-2H3;5-6H,4H2,1-3H3;1-2H3/b;7-5-,8-6?;. The number of aryl methyl sites for hydroxylation is 1. The highest BCUT2D eigenvalue weighted by atomic mass is 14.8. The molecule has 0 saturated carbocycles. The monoisotopic (exact) mass is 262 g/mol. The zero-order chi connectivity index (χ0) is 15.1. The van der Waals surface area contributed by atoms with Gasteiger partial charge in [-0.1, -0.05) is 44.5 Å². The van der Waals surface area contributed by atoms with Crippen LogP contribution in [0.4, 0.5) is 5.69 Å². The number of allylic oxidation sites excluding steroid dienone is 2. The van der Waals surface area contributed by atoms with Crippen molar-refractivity contribution in [2.45, 2.75) is 41.0 Å². The fourth-order valence-corrected chi connectivity index (χ4v) is 1.30. The molecule has 1 aromatic rings. The van der Waals surface area contributed by atoms with Gasteiger partial charge in [-0.05, 0) is 38.0 Å². The van der Waals surface area contributed by atoms with E-state index >= 15 is 0 Å². The third-order valence-corrected chi connectivity index (χ3v) is 2.20. The van der Waals surface area contributed by atoms with Crippen LogP contribution in [0, 0.1) is 6.92 Å². The molecule has 19 heavy (non-hydrogen) atoms. The Bertz CT molecular complexity index is 348. The van der Waals surface area contributed by atoms with E-state index in [0.717, 1.165) is 6.42 Å². The van der Waals surface area contributed by atoms with Crippen LogP contribution in [0.15, 0.2) is 40.9 Å². The molecule has 1 N–H and O–H groups in total. The average Bonchev–Trinajstić information content (AvgIpc) is 2.43. The molecule has 0 aliphatic carbocycles. The Kier molecular flexibility index (Phi) is 15.1. The molecule has 0 aliphatic heterocycles. The Hall–Kier alpha value is -1.57. The Morgan fingerprint density at radius 1 is 1.21 bits per heavy atom. The van der Waals surface area contributed by atoms with Crippen LogP contribution in [0.2, 0.25) is 0 Å². The van der Waals surface area contributed by atoms with E-state index in [1.807, 2.05) is 27.1 Å². The Morgan fingerprint density at radius 2 is 1.74 bits per heavy atom. The van der Waals surface area contributed by atoms with Crippen molar-refractivity contribution in [3.8, 4) is 0 Å². The van der Waals surface area contributed by atoms with Gasteiger partial charge in [0.15, 0.2) is 0 Å². The first-order valence-electron chi connectivity index (χ1n) is 6.97. The third-order valence-electron chi connectivity index (χ3n) is 2.20. The molecule has 108 valence electrons. The molecule has 1 aromatic carbocycles. The minimum absolute atomic E-state index is 1.10. The molecule has 0 radical (unpaired) electrons. The molecular formula is C17H30N2. The smallest absolute Gasteiger partial charge is 0.0337 e. The largest absolute Gasteiger partial charge is 0.388 e. The molecule has 2 heteroatoms. The Morgan fingerprint density at radius 3 is 2.11 bits per heavy atom. The van der Waals surface area contributed by atoms with Gasteiger partial charge in [0, 0.05) is 26.0 Å². The van der Waals surface area contributed by atoms with Crippen molar-refractivity contribution >= 4 is 11.9 Å². The van der Waals surface area contributed by atoms with Crippen molar-refractivity contribution in [2.24, 2.45) is 4.99 Å². The number of benzene rings is 1. The summed E-state index contributed by atoms with van der Waals surface area (Å²) in [5.41, 5.74) is 3.71. The summed E-state index contributed by atoms with van der Waals surface area (Å²) in [6, 6.07) is 8.31. The number of nitrogens with zero attached hydrogens (tertiary/aromatic N) is 1. The minimum Gasteiger partial charge on any atom is -0.388 e. The van der Waals surface area contributed by atoms with Gasteiger partial charge in [0.2, 0.25) is 0 Å². The van der Waals surface area contributed by atoms with Crippen molar-refractivity contribution in [1.29, 1.82) is 0 Å². The van der Waals surface area contributed by atoms with E-state index in [2.05, 4.69) is 61.4 Å². The lowest BCUT2D eigenvalue weighted by molar-refractivity contribution is 1.20. The topological polar surface area (TPSA) is 24.4 Å². The molecule has 0 bridgehead atoms. The fraction of sp³-hybridized carbons (Fsp3) is 0.471. The highest BCUT2D eigenvalue weighted by Crippen LogP contribution is 2.06. The van der Waals surface area contributed by atoms with Crippen molar-refractivity contribution < 1.29 is 0 Å². The van der Waals surface area contributed by atoms with Gasteiger partial charge in [-0.2, -0.15) is 0 Å². The van der Waals surface area contributed by atoms with Crippen LogP contribution < -0.4 is 5.32 Å². The van der Waals surface area contributed by atoms with Crippen LogP contribution in [-0.4, -0.2) is 20.3 Å². The van der Waals surface area contributed by atoms with Crippen LogP contribution in [0.3, 0.4) is 0 Å². The van der Waals surface area contributed by atoms with Crippen molar-refractivity contribution in [2.75, 3.05) is 19.4 Å². The number of rotatable bonds is 3. The zero-order valence-corrected chi connectivity index (χ0v) is 13.6. The molecule has 0 aliphatic rings. The highest BCUT2D eigenvalue weighted by Gasteiger charge is 1.83. The van der Waals surface area contributed by atoms with Crippen molar-refractivity contribution in [3.63, 3.8) is 0 Å². The molecule has 2 nitrogen and oxygen atoms in total. The molecule has 0 aromatic heterocycles. The van der Waals surface area contributed by atoms with Crippen LogP contribution >= 0.6 is 0 Å². The minimum atomic E-state index is 1.10. The van der Waals surface area contributed by atoms with Crippen LogP contribution in [0.5, 0.6) is 0 Å². The van der Waals surface area contributed by atoms with Crippen LogP contribution in [-0.2, 0) is 0 Å². The normalized spacial score (nSPS) is 10.2.